The molecule has 19 heavy (non-hydrogen) atoms. The van der Waals surface area contributed by atoms with Crippen molar-refractivity contribution in [1.29, 1.82) is 0 Å². The molecule has 1 aliphatic heterocycles. The van der Waals surface area contributed by atoms with Gasteiger partial charge >= 0.3 is 6.03 Å². The molecule has 1 saturated heterocycles. The molecule has 2 heterocycles. The average Bonchev–Trinajstić information content (AvgIpc) is 2.96. The number of carbonyl (C=O) groups excluding carboxylic acids is 2. The molecule has 0 spiro atoms. The van der Waals surface area contributed by atoms with Crippen molar-refractivity contribution in [3.05, 3.63) is 11.9 Å². The highest BCUT2D eigenvalue weighted by Gasteiger charge is 2.27. The van der Waals surface area contributed by atoms with E-state index >= 15 is 0 Å². The minimum absolute atomic E-state index is 0.0857. The third-order valence-electron chi connectivity index (χ3n) is 2.81. The fraction of sp³-hybridized carbons (Fsp3) is 0.636. The summed E-state index contributed by atoms with van der Waals surface area (Å²) in [5, 5.41) is 13.7. The number of urea groups is 1. The molecule has 1 fully saturated rings. The summed E-state index contributed by atoms with van der Waals surface area (Å²) < 4.78 is 1.64. The number of aromatic nitrogens is 3. The highest BCUT2D eigenvalue weighted by Crippen LogP contribution is 2.00. The molecule has 0 unspecified atom stereocenters. The van der Waals surface area contributed by atoms with Gasteiger partial charge in [0.05, 0.1) is 25.3 Å². The Labute approximate surface area is 111 Å². The summed E-state index contributed by atoms with van der Waals surface area (Å²) >= 11 is 0. The Morgan fingerprint density at radius 3 is 2.95 bits per heavy atom. The number of hydrogen-bond acceptors (Lipinski definition) is 5. The summed E-state index contributed by atoms with van der Waals surface area (Å²) in [5.41, 5.74) is 0.852. The van der Waals surface area contributed by atoms with Crippen LogP contribution in [0.5, 0.6) is 0 Å². The van der Waals surface area contributed by atoms with Crippen LogP contribution < -0.4 is 10.6 Å². The van der Waals surface area contributed by atoms with Crippen molar-refractivity contribution in [3.8, 4) is 0 Å². The van der Waals surface area contributed by atoms with Crippen LogP contribution in [0.15, 0.2) is 6.20 Å². The van der Waals surface area contributed by atoms with Crippen molar-refractivity contribution in [2.45, 2.75) is 26.4 Å². The van der Waals surface area contributed by atoms with Gasteiger partial charge in [-0.3, -0.25) is 14.4 Å². The molecule has 0 bridgehead atoms. The Morgan fingerprint density at radius 1 is 1.42 bits per heavy atom. The molecule has 3 amide bonds. The van der Waals surface area contributed by atoms with E-state index in [2.05, 4.69) is 27.9 Å². The predicted octanol–water partition coefficient (Wildman–Crippen LogP) is -0.670. The quantitative estimate of drug-likeness (QED) is 0.504. The van der Waals surface area contributed by atoms with Crippen LogP contribution in [0.1, 0.15) is 19.0 Å². The fourth-order valence-electron chi connectivity index (χ4n) is 1.81. The van der Waals surface area contributed by atoms with Gasteiger partial charge in [-0.05, 0) is 13.0 Å². The summed E-state index contributed by atoms with van der Waals surface area (Å²) in [4.78, 5) is 23.9. The molecule has 0 aromatic carbocycles. The zero-order valence-electron chi connectivity index (χ0n) is 10.9. The number of carbonyl (C=O) groups is 2. The second-order valence-corrected chi connectivity index (χ2v) is 4.35. The van der Waals surface area contributed by atoms with E-state index < -0.39 is 0 Å². The molecular weight excluding hydrogens is 248 g/mol. The van der Waals surface area contributed by atoms with Gasteiger partial charge in [-0.1, -0.05) is 12.1 Å². The fourth-order valence-corrected chi connectivity index (χ4v) is 1.81. The van der Waals surface area contributed by atoms with Crippen LogP contribution in [-0.4, -0.2) is 51.5 Å². The maximum absolute atomic E-state index is 11.4. The van der Waals surface area contributed by atoms with Crippen LogP contribution in [0.3, 0.4) is 0 Å². The van der Waals surface area contributed by atoms with Gasteiger partial charge in [0.25, 0.3) is 0 Å². The van der Waals surface area contributed by atoms with Gasteiger partial charge in [-0.25, -0.2) is 4.79 Å². The van der Waals surface area contributed by atoms with E-state index in [9.17, 15) is 9.59 Å². The molecule has 104 valence electrons. The smallest absolute Gasteiger partial charge is 0.324 e. The van der Waals surface area contributed by atoms with Crippen LogP contribution in [0.2, 0.25) is 0 Å². The standard InChI is InChI=1S/C11H18N6O2/c1-2-3-12-6-9-8-16(15-14-9)4-5-17-10(18)7-13-11(17)19/h8,12H,2-7H2,1H3,(H,13,19). The van der Waals surface area contributed by atoms with Gasteiger partial charge < -0.3 is 10.6 Å². The maximum Gasteiger partial charge on any atom is 0.324 e. The lowest BCUT2D eigenvalue weighted by Gasteiger charge is -2.11. The van der Waals surface area contributed by atoms with Crippen molar-refractivity contribution >= 4 is 11.9 Å². The number of rotatable bonds is 7. The first kappa shape index (κ1) is 13.5. The number of nitrogens with one attached hydrogen (secondary N) is 2. The van der Waals surface area contributed by atoms with Gasteiger partial charge in [0.1, 0.15) is 0 Å². The minimum Gasteiger partial charge on any atom is -0.329 e. The van der Waals surface area contributed by atoms with Crippen LogP contribution in [0.4, 0.5) is 4.79 Å². The topological polar surface area (TPSA) is 92.2 Å². The Kier molecular flexibility index (Phi) is 4.45. The van der Waals surface area contributed by atoms with Crippen molar-refractivity contribution in [1.82, 2.24) is 30.5 Å². The Morgan fingerprint density at radius 2 is 2.26 bits per heavy atom. The van der Waals surface area contributed by atoms with Gasteiger partial charge in [0, 0.05) is 12.7 Å². The molecule has 0 saturated carbocycles. The Hall–Kier alpha value is -1.96. The molecule has 2 N–H and O–H groups in total. The number of nitrogens with zero attached hydrogens (tertiary/aromatic N) is 4. The van der Waals surface area contributed by atoms with E-state index in [1.807, 2.05) is 6.20 Å². The van der Waals surface area contributed by atoms with E-state index in [1.165, 1.54) is 4.90 Å². The summed E-state index contributed by atoms with van der Waals surface area (Å²) in [6.45, 7) is 4.58. The molecule has 1 aliphatic rings. The summed E-state index contributed by atoms with van der Waals surface area (Å²) in [5.74, 6) is -0.199. The number of amides is 3. The normalized spacial score (nSPS) is 15.1. The van der Waals surface area contributed by atoms with E-state index in [1.54, 1.807) is 4.68 Å². The van der Waals surface area contributed by atoms with Crippen molar-refractivity contribution in [2.75, 3.05) is 19.6 Å². The van der Waals surface area contributed by atoms with E-state index in [4.69, 9.17) is 0 Å². The van der Waals surface area contributed by atoms with E-state index in [0.717, 1.165) is 18.7 Å². The molecule has 1 aromatic rings. The molecule has 8 heteroatoms. The lowest BCUT2D eigenvalue weighted by atomic mass is 10.4. The monoisotopic (exact) mass is 266 g/mol. The van der Waals surface area contributed by atoms with Crippen molar-refractivity contribution < 1.29 is 9.59 Å². The molecule has 0 aliphatic carbocycles. The lowest BCUT2D eigenvalue weighted by Crippen LogP contribution is -2.33. The first-order valence-electron chi connectivity index (χ1n) is 6.38. The minimum atomic E-state index is -0.338. The van der Waals surface area contributed by atoms with Crippen LogP contribution in [0, 0.1) is 0 Å². The molecule has 0 atom stereocenters. The first-order valence-corrected chi connectivity index (χ1v) is 6.38. The van der Waals surface area contributed by atoms with E-state index in [-0.39, 0.29) is 18.5 Å². The van der Waals surface area contributed by atoms with E-state index in [0.29, 0.717) is 19.6 Å². The van der Waals surface area contributed by atoms with Crippen LogP contribution in [0.25, 0.3) is 0 Å². The van der Waals surface area contributed by atoms with Crippen molar-refractivity contribution in [2.24, 2.45) is 0 Å². The largest absolute Gasteiger partial charge is 0.329 e. The molecule has 0 radical (unpaired) electrons. The zero-order valence-corrected chi connectivity index (χ0v) is 10.9. The van der Waals surface area contributed by atoms with Crippen LogP contribution >= 0.6 is 0 Å². The van der Waals surface area contributed by atoms with Gasteiger partial charge in [0.15, 0.2) is 0 Å². The lowest BCUT2D eigenvalue weighted by molar-refractivity contribution is -0.125. The third-order valence-corrected chi connectivity index (χ3v) is 2.81. The zero-order chi connectivity index (χ0) is 13.7. The third kappa shape index (κ3) is 3.50. The summed E-state index contributed by atoms with van der Waals surface area (Å²) in [7, 11) is 0. The highest BCUT2D eigenvalue weighted by atomic mass is 16.2. The number of imide groups is 1. The van der Waals surface area contributed by atoms with Crippen LogP contribution in [-0.2, 0) is 17.9 Å². The Balaban J connectivity index is 1.80. The highest BCUT2D eigenvalue weighted by molar-refractivity contribution is 6.01. The van der Waals surface area contributed by atoms with Crippen molar-refractivity contribution in [3.63, 3.8) is 0 Å². The summed E-state index contributed by atoms with van der Waals surface area (Å²) in [6.07, 6.45) is 2.89. The first-order chi connectivity index (χ1) is 9.20. The average molecular weight is 266 g/mol. The molecular formula is C11H18N6O2. The second-order valence-electron chi connectivity index (χ2n) is 4.35. The van der Waals surface area contributed by atoms with Gasteiger partial charge in [0.2, 0.25) is 5.91 Å². The van der Waals surface area contributed by atoms with Gasteiger partial charge in [-0.2, -0.15) is 0 Å². The molecule has 2 rings (SSSR count). The van der Waals surface area contributed by atoms with Gasteiger partial charge in [-0.15, -0.1) is 5.10 Å². The molecule has 1 aromatic heterocycles. The Bertz CT molecular complexity index is 442. The summed E-state index contributed by atoms with van der Waals surface area (Å²) in [6, 6.07) is -0.338. The SMILES string of the molecule is CCCNCc1cn(CCN2C(=O)CNC2=O)nn1. The number of hydrogen-bond donors (Lipinski definition) is 2. The molecule has 8 nitrogen and oxygen atoms in total. The second kappa shape index (κ2) is 6.28. The maximum atomic E-state index is 11.4. The predicted molar refractivity (Wildman–Crippen MR) is 67.1 cm³/mol.